The number of aromatic nitrogens is 2. The summed E-state index contributed by atoms with van der Waals surface area (Å²) in [5.41, 5.74) is 7.09. The largest absolute Gasteiger partial charge is 0.493 e. The molecule has 1 aliphatic rings. The molecule has 0 unspecified atom stereocenters. The maximum atomic E-state index is 6.36. The second-order valence-electron chi connectivity index (χ2n) is 6.06. The van der Waals surface area contributed by atoms with Crippen LogP contribution >= 0.6 is 0 Å². The molecule has 0 atom stereocenters. The summed E-state index contributed by atoms with van der Waals surface area (Å²) in [5.74, 6) is 2.73. The standard InChI is InChI=1S/C17H23N3O3/c1-21-13-7-5-12(11-14(13)22-2)6-8-15-19-16(20-23-15)17(18)9-3-4-10-17/h5,7,11H,3-4,6,8-10,18H2,1-2H3. The van der Waals surface area contributed by atoms with Crippen LogP contribution < -0.4 is 15.2 Å². The molecule has 23 heavy (non-hydrogen) atoms. The van der Waals surface area contributed by atoms with Crippen molar-refractivity contribution in [1.82, 2.24) is 10.1 Å². The third-order valence-electron chi connectivity index (χ3n) is 4.48. The molecule has 1 aromatic heterocycles. The van der Waals surface area contributed by atoms with Crippen molar-refractivity contribution in [3.63, 3.8) is 0 Å². The summed E-state index contributed by atoms with van der Waals surface area (Å²) in [6, 6.07) is 5.89. The Morgan fingerprint density at radius 2 is 1.87 bits per heavy atom. The third kappa shape index (κ3) is 3.32. The number of hydrogen-bond acceptors (Lipinski definition) is 6. The lowest BCUT2D eigenvalue weighted by Crippen LogP contribution is -2.34. The van der Waals surface area contributed by atoms with E-state index in [0.717, 1.165) is 49.2 Å². The van der Waals surface area contributed by atoms with Gasteiger partial charge in [-0.15, -0.1) is 0 Å². The molecule has 0 bridgehead atoms. The van der Waals surface area contributed by atoms with Gasteiger partial charge in [0.25, 0.3) is 0 Å². The molecular weight excluding hydrogens is 294 g/mol. The Balaban J connectivity index is 1.66. The van der Waals surface area contributed by atoms with Crippen LogP contribution in [0.5, 0.6) is 11.5 Å². The molecular formula is C17H23N3O3. The van der Waals surface area contributed by atoms with Crippen LogP contribution in [0.1, 0.15) is 43.0 Å². The predicted molar refractivity (Wildman–Crippen MR) is 85.6 cm³/mol. The van der Waals surface area contributed by atoms with E-state index in [1.54, 1.807) is 14.2 Å². The first-order valence-corrected chi connectivity index (χ1v) is 7.97. The molecule has 0 aliphatic heterocycles. The molecule has 1 heterocycles. The minimum atomic E-state index is -0.398. The number of benzene rings is 1. The molecule has 2 N–H and O–H groups in total. The maximum Gasteiger partial charge on any atom is 0.227 e. The van der Waals surface area contributed by atoms with Crippen LogP contribution in [-0.2, 0) is 18.4 Å². The highest BCUT2D eigenvalue weighted by molar-refractivity contribution is 5.42. The van der Waals surface area contributed by atoms with E-state index in [1.165, 1.54) is 0 Å². The van der Waals surface area contributed by atoms with Crippen molar-refractivity contribution < 1.29 is 14.0 Å². The van der Waals surface area contributed by atoms with Crippen molar-refractivity contribution >= 4 is 0 Å². The molecule has 0 saturated heterocycles. The zero-order valence-corrected chi connectivity index (χ0v) is 13.7. The van der Waals surface area contributed by atoms with Crippen molar-refractivity contribution in [3.8, 4) is 11.5 Å². The fourth-order valence-corrected chi connectivity index (χ4v) is 3.08. The zero-order valence-electron chi connectivity index (χ0n) is 13.7. The van der Waals surface area contributed by atoms with Crippen molar-refractivity contribution in [3.05, 3.63) is 35.5 Å². The first-order valence-electron chi connectivity index (χ1n) is 7.97. The third-order valence-corrected chi connectivity index (χ3v) is 4.48. The topological polar surface area (TPSA) is 83.4 Å². The Hall–Kier alpha value is -2.08. The summed E-state index contributed by atoms with van der Waals surface area (Å²) < 4.78 is 15.9. The van der Waals surface area contributed by atoms with Crippen LogP contribution in [-0.4, -0.2) is 24.4 Å². The van der Waals surface area contributed by atoms with Gasteiger partial charge in [-0.05, 0) is 37.0 Å². The van der Waals surface area contributed by atoms with E-state index in [4.69, 9.17) is 19.7 Å². The Morgan fingerprint density at radius 1 is 1.13 bits per heavy atom. The molecule has 2 aromatic rings. The van der Waals surface area contributed by atoms with Crippen molar-refractivity contribution in [2.24, 2.45) is 5.73 Å². The average molecular weight is 317 g/mol. The van der Waals surface area contributed by atoms with Crippen LogP contribution in [0.15, 0.2) is 22.7 Å². The minimum Gasteiger partial charge on any atom is -0.493 e. The summed E-state index contributed by atoms with van der Waals surface area (Å²) in [6.07, 6.45) is 5.60. The van der Waals surface area contributed by atoms with Gasteiger partial charge in [0.15, 0.2) is 17.3 Å². The Bertz CT molecular complexity index is 663. The van der Waals surface area contributed by atoms with Crippen LogP contribution in [0, 0.1) is 0 Å². The lowest BCUT2D eigenvalue weighted by Gasteiger charge is -2.17. The van der Waals surface area contributed by atoms with Gasteiger partial charge in [0, 0.05) is 6.42 Å². The average Bonchev–Trinajstić information content (AvgIpc) is 3.22. The van der Waals surface area contributed by atoms with E-state index in [2.05, 4.69) is 10.1 Å². The highest BCUT2D eigenvalue weighted by Gasteiger charge is 2.35. The Kier molecular flexibility index (Phi) is 4.52. The summed E-state index contributed by atoms with van der Waals surface area (Å²) >= 11 is 0. The van der Waals surface area contributed by atoms with E-state index >= 15 is 0 Å². The molecule has 1 aromatic carbocycles. The molecule has 0 radical (unpaired) electrons. The van der Waals surface area contributed by atoms with Crippen LogP contribution in [0.3, 0.4) is 0 Å². The van der Waals surface area contributed by atoms with Gasteiger partial charge >= 0.3 is 0 Å². The van der Waals surface area contributed by atoms with Crippen molar-refractivity contribution in [1.29, 1.82) is 0 Å². The monoisotopic (exact) mass is 317 g/mol. The summed E-state index contributed by atoms with van der Waals surface area (Å²) in [4.78, 5) is 4.50. The molecule has 3 rings (SSSR count). The number of methoxy groups -OCH3 is 2. The van der Waals surface area contributed by atoms with Gasteiger partial charge in [-0.1, -0.05) is 24.1 Å². The van der Waals surface area contributed by atoms with Crippen molar-refractivity contribution in [2.45, 2.75) is 44.1 Å². The minimum absolute atomic E-state index is 0.398. The van der Waals surface area contributed by atoms with E-state index < -0.39 is 5.54 Å². The Morgan fingerprint density at radius 3 is 2.57 bits per heavy atom. The molecule has 1 aliphatic carbocycles. The van der Waals surface area contributed by atoms with E-state index in [0.29, 0.717) is 18.1 Å². The second kappa shape index (κ2) is 6.58. The van der Waals surface area contributed by atoms with E-state index in [-0.39, 0.29) is 0 Å². The lowest BCUT2D eigenvalue weighted by atomic mass is 9.99. The van der Waals surface area contributed by atoms with Gasteiger partial charge in [0.2, 0.25) is 5.89 Å². The van der Waals surface area contributed by atoms with Crippen molar-refractivity contribution in [2.75, 3.05) is 14.2 Å². The predicted octanol–water partition coefficient (Wildman–Crippen LogP) is 2.60. The summed E-state index contributed by atoms with van der Waals surface area (Å²) in [5, 5.41) is 4.09. The molecule has 124 valence electrons. The highest BCUT2D eigenvalue weighted by Crippen LogP contribution is 2.34. The fourth-order valence-electron chi connectivity index (χ4n) is 3.08. The normalized spacial score (nSPS) is 16.5. The van der Waals surface area contributed by atoms with Gasteiger partial charge in [0.1, 0.15) is 0 Å². The van der Waals surface area contributed by atoms with Gasteiger partial charge in [-0.3, -0.25) is 0 Å². The van der Waals surface area contributed by atoms with Gasteiger partial charge < -0.3 is 19.7 Å². The number of nitrogens with two attached hydrogens (primary N) is 1. The van der Waals surface area contributed by atoms with Crippen LogP contribution in [0.4, 0.5) is 0 Å². The summed E-state index contributed by atoms with van der Waals surface area (Å²) in [7, 11) is 3.26. The molecule has 1 saturated carbocycles. The number of hydrogen-bond donors (Lipinski definition) is 1. The lowest BCUT2D eigenvalue weighted by molar-refractivity contribution is 0.348. The number of rotatable bonds is 6. The first kappa shape index (κ1) is 15.8. The first-order chi connectivity index (χ1) is 11.1. The van der Waals surface area contributed by atoms with Crippen LogP contribution in [0.2, 0.25) is 0 Å². The highest BCUT2D eigenvalue weighted by atomic mass is 16.5. The summed E-state index contributed by atoms with van der Waals surface area (Å²) in [6.45, 7) is 0. The SMILES string of the molecule is COc1ccc(CCc2nc(C3(N)CCCC3)no2)cc1OC. The zero-order chi connectivity index (χ0) is 16.3. The van der Waals surface area contributed by atoms with E-state index in [1.807, 2.05) is 18.2 Å². The quantitative estimate of drug-likeness (QED) is 0.881. The maximum absolute atomic E-state index is 6.36. The molecule has 0 amide bonds. The smallest absolute Gasteiger partial charge is 0.227 e. The van der Waals surface area contributed by atoms with Gasteiger partial charge in [-0.2, -0.15) is 4.98 Å². The van der Waals surface area contributed by atoms with Crippen LogP contribution in [0.25, 0.3) is 0 Å². The van der Waals surface area contributed by atoms with E-state index in [9.17, 15) is 0 Å². The van der Waals surface area contributed by atoms with Gasteiger partial charge in [0.05, 0.1) is 19.8 Å². The van der Waals surface area contributed by atoms with Gasteiger partial charge in [-0.25, -0.2) is 0 Å². The molecule has 1 fully saturated rings. The molecule has 0 spiro atoms. The molecule has 6 heteroatoms. The fraction of sp³-hybridized carbons (Fsp3) is 0.529. The number of ether oxygens (including phenoxy) is 2. The Labute approximate surface area is 136 Å². The molecule has 6 nitrogen and oxygen atoms in total. The number of nitrogens with zero attached hydrogens (tertiary/aromatic N) is 2. The second-order valence-corrected chi connectivity index (χ2v) is 6.06. The number of aryl methyl sites for hydroxylation is 2.